The number of carboxylic acid groups (broad SMARTS) is 1. The topological polar surface area (TPSA) is 108 Å². The lowest BCUT2D eigenvalue weighted by molar-refractivity contribution is -0.145. The van der Waals surface area contributed by atoms with Crippen LogP contribution in [0, 0.1) is 5.92 Å². The van der Waals surface area contributed by atoms with Gasteiger partial charge in [0.15, 0.2) is 0 Å². The number of methoxy groups -OCH3 is 2. The standard InChI is InChI=1S/C20H27N3O6/c1-28-8-7-21-20(27)16-9-14-10-22(12-18(25)26)11-17(24)23(14)19(16)13-3-5-15(29-2)6-4-13/h3-6,14,16,19H,7-12H2,1-2H3,(H,21,27)(H,25,26)/t14-,16-,19-/m1/s1. The van der Waals surface area contributed by atoms with Crippen LogP contribution in [-0.4, -0.2) is 85.7 Å². The monoisotopic (exact) mass is 405 g/mol. The van der Waals surface area contributed by atoms with Gasteiger partial charge in [-0.2, -0.15) is 0 Å². The van der Waals surface area contributed by atoms with Crippen LogP contribution in [0.4, 0.5) is 0 Å². The van der Waals surface area contributed by atoms with E-state index in [2.05, 4.69) is 5.32 Å². The third-order valence-electron chi connectivity index (χ3n) is 5.47. The number of carbonyl (C=O) groups is 3. The molecule has 3 rings (SSSR count). The second-order valence-electron chi connectivity index (χ2n) is 7.36. The Morgan fingerprint density at radius 1 is 1.24 bits per heavy atom. The van der Waals surface area contributed by atoms with Gasteiger partial charge in [0, 0.05) is 26.2 Å². The summed E-state index contributed by atoms with van der Waals surface area (Å²) >= 11 is 0. The molecule has 0 aliphatic carbocycles. The first kappa shape index (κ1) is 21.1. The molecule has 2 aliphatic heterocycles. The zero-order chi connectivity index (χ0) is 21.0. The van der Waals surface area contributed by atoms with Gasteiger partial charge in [-0.15, -0.1) is 0 Å². The Morgan fingerprint density at radius 2 is 1.97 bits per heavy atom. The molecular weight excluding hydrogens is 378 g/mol. The fourth-order valence-electron chi connectivity index (χ4n) is 4.28. The van der Waals surface area contributed by atoms with Gasteiger partial charge >= 0.3 is 5.97 Å². The predicted molar refractivity (Wildman–Crippen MR) is 103 cm³/mol. The summed E-state index contributed by atoms with van der Waals surface area (Å²) in [6.45, 7) is 1.09. The summed E-state index contributed by atoms with van der Waals surface area (Å²) in [5.74, 6) is -0.976. The highest BCUT2D eigenvalue weighted by molar-refractivity contribution is 5.85. The van der Waals surface area contributed by atoms with E-state index in [4.69, 9.17) is 14.6 Å². The van der Waals surface area contributed by atoms with Crippen LogP contribution >= 0.6 is 0 Å². The quantitative estimate of drug-likeness (QED) is 0.591. The van der Waals surface area contributed by atoms with Crippen molar-refractivity contribution in [3.63, 3.8) is 0 Å². The second-order valence-corrected chi connectivity index (χ2v) is 7.36. The first-order valence-electron chi connectivity index (χ1n) is 9.60. The highest BCUT2D eigenvalue weighted by Crippen LogP contribution is 2.43. The minimum atomic E-state index is -0.968. The minimum Gasteiger partial charge on any atom is -0.497 e. The van der Waals surface area contributed by atoms with Crippen LogP contribution in [0.5, 0.6) is 5.75 Å². The van der Waals surface area contributed by atoms with Crippen molar-refractivity contribution in [1.82, 2.24) is 15.1 Å². The summed E-state index contributed by atoms with van der Waals surface area (Å²) in [6.07, 6.45) is 0.484. The van der Waals surface area contributed by atoms with Gasteiger partial charge in [-0.3, -0.25) is 19.3 Å². The average molecular weight is 405 g/mol. The Kier molecular flexibility index (Phi) is 6.71. The third-order valence-corrected chi connectivity index (χ3v) is 5.47. The number of fused-ring (bicyclic) bond motifs is 1. The number of ether oxygens (including phenoxy) is 2. The van der Waals surface area contributed by atoms with Crippen LogP contribution in [0.25, 0.3) is 0 Å². The Morgan fingerprint density at radius 3 is 2.59 bits per heavy atom. The van der Waals surface area contributed by atoms with E-state index in [1.165, 1.54) is 0 Å². The molecule has 0 radical (unpaired) electrons. The van der Waals surface area contributed by atoms with Crippen LogP contribution in [0.15, 0.2) is 24.3 Å². The molecule has 0 unspecified atom stereocenters. The zero-order valence-electron chi connectivity index (χ0n) is 16.7. The first-order chi connectivity index (χ1) is 13.9. The Balaban J connectivity index is 1.86. The molecule has 2 amide bonds. The van der Waals surface area contributed by atoms with E-state index in [9.17, 15) is 14.4 Å². The van der Waals surface area contributed by atoms with Gasteiger partial charge in [0.25, 0.3) is 0 Å². The van der Waals surface area contributed by atoms with Crippen molar-refractivity contribution in [2.24, 2.45) is 5.92 Å². The van der Waals surface area contributed by atoms with Crippen molar-refractivity contribution in [2.75, 3.05) is 47.0 Å². The molecule has 0 saturated carbocycles. The number of carbonyl (C=O) groups excluding carboxylic acids is 2. The van der Waals surface area contributed by atoms with Gasteiger partial charge < -0.3 is 24.8 Å². The molecule has 2 heterocycles. The smallest absolute Gasteiger partial charge is 0.317 e. The van der Waals surface area contributed by atoms with E-state index in [-0.39, 0.29) is 30.9 Å². The molecule has 2 aliphatic rings. The van der Waals surface area contributed by atoms with Crippen molar-refractivity contribution in [1.29, 1.82) is 0 Å². The molecular formula is C20H27N3O6. The Hall–Kier alpha value is -2.65. The van der Waals surface area contributed by atoms with Crippen molar-refractivity contribution in [2.45, 2.75) is 18.5 Å². The van der Waals surface area contributed by atoms with Crippen molar-refractivity contribution in [3.8, 4) is 5.75 Å². The molecule has 1 aromatic carbocycles. The predicted octanol–water partition coefficient (Wildman–Crippen LogP) is 0.116. The van der Waals surface area contributed by atoms with Gasteiger partial charge in [-0.1, -0.05) is 12.1 Å². The lowest BCUT2D eigenvalue weighted by atomic mass is 9.92. The largest absolute Gasteiger partial charge is 0.497 e. The van der Waals surface area contributed by atoms with Crippen molar-refractivity contribution in [3.05, 3.63) is 29.8 Å². The number of hydrogen-bond donors (Lipinski definition) is 2. The van der Waals surface area contributed by atoms with Gasteiger partial charge in [0.1, 0.15) is 5.75 Å². The van der Waals surface area contributed by atoms with Crippen LogP contribution in [-0.2, 0) is 19.1 Å². The van der Waals surface area contributed by atoms with E-state index < -0.39 is 17.9 Å². The van der Waals surface area contributed by atoms with E-state index in [0.29, 0.717) is 31.9 Å². The first-order valence-corrected chi connectivity index (χ1v) is 9.60. The number of nitrogens with one attached hydrogen (secondary N) is 1. The SMILES string of the molecule is COCCNC(=O)[C@@H]1C[C@@H]2CN(CC(=O)O)CC(=O)N2[C@@H]1c1ccc(OC)cc1. The number of rotatable bonds is 8. The fourth-order valence-corrected chi connectivity index (χ4v) is 4.28. The summed E-state index contributed by atoms with van der Waals surface area (Å²) in [5, 5.41) is 12.0. The number of hydrogen-bond acceptors (Lipinski definition) is 6. The molecule has 29 heavy (non-hydrogen) atoms. The summed E-state index contributed by atoms with van der Waals surface area (Å²) in [7, 11) is 3.15. The molecule has 0 aromatic heterocycles. The van der Waals surface area contributed by atoms with Crippen molar-refractivity contribution >= 4 is 17.8 Å². The number of amides is 2. The number of piperazine rings is 1. The summed E-state index contributed by atoms with van der Waals surface area (Å²) in [4.78, 5) is 40.3. The molecule has 2 saturated heterocycles. The van der Waals surface area contributed by atoms with E-state index in [1.807, 2.05) is 24.3 Å². The molecule has 3 atom stereocenters. The number of carboxylic acids is 1. The molecule has 1 aromatic rings. The van der Waals surface area contributed by atoms with E-state index >= 15 is 0 Å². The number of benzene rings is 1. The molecule has 2 fully saturated rings. The normalized spacial score (nSPS) is 24.3. The molecule has 158 valence electrons. The summed E-state index contributed by atoms with van der Waals surface area (Å²) in [5.41, 5.74) is 0.861. The van der Waals surface area contributed by atoms with Gasteiger partial charge in [-0.25, -0.2) is 0 Å². The van der Waals surface area contributed by atoms with Gasteiger partial charge in [0.05, 0.1) is 38.8 Å². The highest BCUT2D eigenvalue weighted by Gasteiger charge is 2.50. The number of nitrogens with zero attached hydrogens (tertiary/aromatic N) is 2. The molecule has 0 spiro atoms. The molecule has 9 nitrogen and oxygen atoms in total. The fraction of sp³-hybridized carbons (Fsp3) is 0.550. The second kappa shape index (κ2) is 9.23. The van der Waals surface area contributed by atoms with Crippen LogP contribution < -0.4 is 10.1 Å². The maximum absolute atomic E-state index is 12.9. The Bertz CT molecular complexity index is 753. The molecule has 2 N–H and O–H groups in total. The zero-order valence-corrected chi connectivity index (χ0v) is 16.7. The van der Waals surface area contributed by atoms with E-state index in [0.717, 1.165) is 5.56 Å². The average Bonchev–Trinajstić information content (AvgIpc) is 3.07. The van der Waals surface area contributed by atoms with Crippen LogP contribution in [0.2, 0.25) is 0 Å². The lowest BCUT2D eigenvalue weighted by Gasteiger charge is -2.39. The summed E-state index contributed by atoms with van der Waals surface area (Å²) in [6, 6.07) is 6.77. The molecule has 0 bridgehead atoms. The van der Waals surface area contributed by atoms with Crippen LogP contribution in [0.3, 0.4) is 0 Å². The molecule has 9 heteroatoms. The summed E-state index contributed by atoms with van der Waals surface area (Å²) < 4.78 is 10.2. The highest BCUT2D eigenvalue weighted by atomic mass is 16.5. The number of aliphatic carboxylic acids is 1. The minimum absolute atomic E-state index is 0.0352. The van der Waals surface area contributed by atoms with Crippen LogP contribution in [0.1, 0.15) is 18.0 Å². The van der Waals surface area contributed by atoms with Crippen molar-refractivity contribution < 1.29 is 29.0 Å². The third kappa shape index (κ3) is 4.68. The van der Waals surface area contributed by atoms with E-state index in [1.54, 1.807) is 24.0 Å². The maximum Gasteiger partial charge on any atom is 0.317 e. The van der Waals surface area contributed by atoms with Gasteiger partial charge in [-0.05, 0) is 24.1 Å². The Labute approximate surface area is 169 Å². The maximum atomic E-state index is 12.9. The lowest BCUT2D eigenvalue weighted by Crippen LogP contribution is -2.55. The van der Waals surface area contributed by atoms with Gasteiger partial charge in [0.2, 0.25) is 11.8 Å².